The van der Waals surface area contributed by atoms with Gasteiger partial charge >= 0.3 is 6.61 Å². The number of ether oxygens (including phenoxy) is 2. The van der Waals surface area contributed by atoms with E-state index < -0.39 is 42.7 Å². The quantitative estimate of drug-likeness (QED) is 0.490. The fraction of sp³-hybridized carbons (Fsp3) is 0.348. The molecule has 1 amide bonds. The number of hydrogen-bond acceptors (Lipinski definition) is 5. The second-order valence-corrected chi connectivity index (χ2v) is 8.47. The summed E-state index contributed by atoms with van der Waals surface area (Å²) in [5, 5.41) is 9.38. The van der Waals surface area contributed by atoms with Gasteiger partial charge in [0.25, 0.3) is 11.8 Å². The molecule has 3 aromatic rings. The van der Waals surface area contributed by atoms with Gasteiger partial charge in [-0.1, -0.05) is 0 Å². The van der Waals surface area contributed by atoms with Crippen LogP contribution in [-0.2, 0) is 5.41 Å². The number of carbonyl (C=O) groups is 1. The van der Waals surface area contributed by atoms with Gasteiger partial charge in [0.05, 0.1) is 43.6 Å². The lowest BCUT2D eigenvalue weighted by Gasteiger charge is -2.39. The van der Waals surface area contributed by atoms with Crippen LogP contribution in [0, 0.1) is 11.3 Å². The Kier molecular flexibility index (Phi) is 5.63. The molecule has 0 atom stereocenters. The van der Waals surface area contributed by atoms with E-state index in [-0.39, 0.29) is 11.3 Å². The second-order valence-electron chi connectivity index (χ2n) is 8.47. The summed E-state index contributed by atoms with van der Waals surface area (Å²) >= 11 is 0. The van der Waals surface area contributed by atoms with Crippen molar-refractivity contribution in [2.24, 2.45) is 0 Å². The van der Waals surface area contributed by atoms with Crippen LogP contribution in [0.25, 0.3) is 16.9 Å². The van der Waals surface area contributed by atoms with Gasteiger partial charge in [-0.25, -0.2) is 13.8 Å². The number of rotatable bonds is 6. The Labute approximate surface area is 192 Å². The van der Waals surface area contributed by atoms with Crippen LogP contribution in [0.15, 0.2) is 36.7 Å². The van der Waals surface area contributed by atoms with Gasteiger partial charge in [-0.05, 0) is 43.7 Å². The molecule has 178 valence electrons. The summed E-state index contributed by atoms with van der Waals surface area (Å²) in [6.07, 6.45) is 3.18. The van der Waals surface area contributed by atoms with Crippen molar-refractivity contribution in [3.8, 4) is 28.8 Å². The van der Waals surface area contributed by atoms with E-state index in [4.69, 9.17) is 4.74 Å². The Hall–Kier alpha value is -3.81. The third kappa shape index (κ3) is 4.11. The summed E-state index contributed by atoms with van der Waals surface area (Å²) < 4.78 is 64.5. The summed E-state index contributed by atoms with van der Waals surface area (Å²) in [6.45, 7) is -1.36. The molecule has 1 aliphatic rings. The van der Waals surface area contributed by atoms with Gasteiger partial charge in [-0.2, -0.15) is 14.0 Å². The first kappa shape index (κ1) is 23.4. The Morgan fingerprint density at radius 2 is 1.91 bits per heavy atom. The Morgan fingerprint density at radius 3 is 2.50 bits per heavy atom. The zero-order valence-electron chi connectivity index (χ0n) is 18.5. The van der Waals surface area contributed by atoms with E-state index in [0.717, 1.165) is 10.5 Å². The zero-order chi connectivity index (χ0) is 24.8. The van der Waals surface area contributed by atoms with Crippen molar-refractivity contribution in [1.82, 2.24) is 14.3 Å². The molecule has 0 aliphatic carbocycles. The first-order valence-corrected chi connectivity index (χ1v) is 10.2. The van der Waals surface area contributed by atoms with Crippen molar-refractivity contribution in [2.45, 2.75) is 31.8 Å². The number of hydrogen-bond donors (Lipinski definition) is 0. The van der Waals surface area contributed by atoms with Gasteiger partial charge in [-0.15, -0.1) is 0 Å². The van der Waals surface area contributed by atoms with Crippen LogP contribution >= 0.6 is 0 Å². The highest BCUT2D eigenvalue weighted by Gasteiger charge is 2.47. The molecular weight excluding hydrogens is 456 g/mol. The van der Waals surface area contributed by atoms with Crippen molar-refractivity contribution in [2.75, 3.05) is 20.2 Å². The predicted octanol–water partition coefficient (Wildman–Crippen LogP) is 4.50. The topological polar surface area (TPSA) is 79.9 Å². The number of alkyl halides is 4. The standard InChI is InChI=1S/C23H20F4N4O3/c1-22(2,10-28)14-4-5-31-15(9-29-18(31)8-14)13-6-16(33-3)19(17(7-13)34-21(24)25)20(32)30-11-23(26,27)12-30/h4-9,21H,11-12H2,1-3H3. The minimum absolute atomic E-state index is 0.106. The van der Waals surface area contributed by atoms with E-state index in [9.17, 15) is 27.6 Å². The van der Waals surface area contributed by atoms with Gasteiger partial charge in [0.15, 0.2) is 0 Å². The average molecular weight is 476 g/mol. The summed E-state index contributed by atoms with van der Waals surface area (Å²) in [6, 6.07) is 8.35. The number of pyridine rings is 1. The second kappa shape index (κ2) is 8.20. The van der Waals surface area contributed by atoms with E-state index in [2.05, 4.69) is 15.8 Å². The number of amides is 1. The maximum absolute atomic E-state index is 13.3. The molecule has 11 heteroatoms. The smallest absolute Gasteiger partial charge is 0.387 e. The van der Waals surface area contributed by atoms with Crippen LogP contribution in [0.2, 0.25) is 0 Å². The molecule has 1 aromatic carbocycles. The molecule has 1 fully saturated rings. The SMILES string of the molecule is COc1cc(-c2cnc3cc(C(C)(C)C#N)ccn23)cc(OC(F)F)c1C(=O)N1CC(F)(F)C1. The van der Waals surface area contributed by atoms with Crippen molar-refractivity contribution < 1.29 is 31.8 Å². The maximum atomic E-state index is 13.3. The van der Waals surface area contributed by atoms with Crippen LogP contribution < -0.4 is 9.47 Å². The van der Waals surface area contributed by atoms with Crippen LogP contribution in [0.3, 0.4) is 0 Å². The predicted molar refractivity (Wildman–Crippen MR) is 113 cm³/mol. The van der Waals surface area contributed by atoms with Gasteiger partial charge in [0.2, 0.25) is 0 Å². The van der Waals surface area contributed by atoms with Crippen LogP contribution in [0.1, 0.15) is 29.8 Å². The van der Waals surface area contributed by atoms with Crippen LogP contribution in [0.4, 0.5) is 17.6 Å². The third-order valence-corrected chi connectivity index (χ3v) is 5.66. The highest BCUT2D eigenvalue weighted by Crippen LogP contribution is 2.39. The molecule has 2 aromatic heterocycles. The lowest BCUT2D eigenvalue weighted by Crippen LogP contribution is -2.58. The van der Waals surface area contributed by atoms with Crippen molar-refractivity contribution in [3.63, 3.8) is 0 Å². The molecule has 0 N–H and O–H groups in total. The van der Waals surface area contributed by atoms with Gasteiger partial charge in [0, 0.05) is 11.8 Å². The molecule has 7 nitrogen and oxygen atoms in total. The number of imidazole rings is 1. The molecular formula is C23H20F4N4O3. The molecule has 0 radical (unpaired) electrons. The number of nitrogens with zero attached hydrogens (tertiary/aromatic N) is 4. The average Bonchev–Trinajstić information content (AvgIpc) is 3.19. The monoisotopic (exact) mass is 476 g/mol. The number of carbonyl (C=O) groups excluding carboxylic acids is 1. The minimum atomic E-state index is -3.26. The lowest BCUT2D eigenvalue weighted by molar-refractivity contribution is -0.113. The fourth-order valence-electron chi connectivity index (χ4n) is 3.76. The van der Waals surface area contributed by atoms with Crippen LogP contribution in [-0.4, -0.2) is 52.9 Å². The van der Waals surface area contributed by atoms with Gasteiger partial charge in [0.1, 0.15) is 22.7 Å². The van der Waals surface area contributed by atoms with Crippen molar-refractivity contribution in [1.29, 1.82) is 5.26 Å². The summed E-state index contributed by atoms with van der Waals surface area (Å²) in [5.41, 5.74) is 0.959. The number of aromatic nitrogens is 2. The normalized spacial score (nSPS) is 15.2. The molecule has 1 aliphatic heterocycles. The first-order chi connectivity index (χ1) is 16.0. The van der Waals surface area contributed by atoms with Gasteiger partial charge < -0.3 is 14.4 Å². The lowest BCUT2D eigenvalue weighted by atomic mass is 9.87. The highest BCUT2D eigenvalue weighted by molar-refractivity contribution is 6.01. The zero-order valence-corrected chi connectivity index (χ0v) is 18.5. The van der Waals surface area contributed by atoms with Gasteiger partial charge in [-0.3, -0.25) is 9.20 Å². The Balaban J connectivity index is 1.81. The number of halogens is 4. The molecule has 4 rings (SSSR count). The van der Waals surface area contributed by atoms with Crippen molar-refractivity contribution >= 4 is 11.6 Å². The molecule has 0 bridgehead atoms. The van der Waals surface area contributed by atoms with E-state index >= 15 is 0 Å². The minimum Gasteiger partial charge on any atom is -0.496 e. The summed E-state index contributed by atoms with van der Waals surface area (Å²) in [4.78, 5) is 18.0. The first-order valence-electron chi connectivity index (χ1n) is 10.2. The molecule has 0 unspecified atom stereocenters. The molecule has 3 heterocycles. The Bertz CT molecular complexity index is 1310. The molecule has 34 heavy (non-hydrogen) atoms. The van der Waals surface area contributed by atoms with E-state index in [1.165, 1.54) is 25.4 Å². The number of benzene rings is 1. The fourth-order valence-corrected chi connectivity index (χ4v) is 3.76. The summed E-state index contributed by atoms with van der Waals surface area (Å²) in [7, 11) is 1.23. The number of likely N-dealkylation sites (tertiary alicyclic amines) is 1. The highest BCUT2D eigenvalue weighted by atomic mass is 19.3. The number of nitriles is 1. The van der Waals surface area contributed by atoms with Crippen molar-refractivity contribution in [3.05, 3.63) is 47.8 Å². The van der Waals surface area contributed by atoms with E-state index in [1.807, 2.05) is 0 Å². The van der Waals surface area contributed by atoms with Crippen LogP contribution in [0.5, 0.6) is 11.5 Å². The Morgan fingerprint density at radius 1 is 1.24 bits per heavy atom. The van der Waals surface area contributed by atoms with E-state index in [1.54, 1.807) is 36.6 Å². The largest absolute Gasteiger partial charge is 0.496 e. The third-order valence-electron chi connectivity index (χ3n) is 5.66. The summed E-state index contributed by atoms with van der Waals surface area (Å²) in [5.74, 6) is -4.53. The molecule has 0 spiro atoms. The molecule has 1 saturated heterocycles. The maximum Gasteiger partial charge on any atom is 0.387 e. The number of methoxy groups -OCH3 is 1. The molecule has 0 saturated carbocycles. The van der Waals surface area contributed by atoms with E-state index in [0.29, 0.717) is 16.9 Å². The number of fused-ring (bicyclic) bond motifs is 1.